The summed E-state index contributed by atoms with van der Waals surface area (Å²) < 4.78 is 15.2. The molecule has 0 radical (unpaired) electrons. The molecule has 20 heavy (non-hydrogen) atoms. The van der Waals surface area contributed by atoms with Crippen molar-refractivity contribution in [1.29, 1.82) is 0 Å². The number of carbonyl (C=O) groups excluding carboxylic acids is 3. The van der Waals surface area contributed by atoms with Crippen LogP contribution >= 0.6 is 0 Å². The van der Waals surface area contributed by atoms with E-state index in [9.17, 15) is 19.5 Å². The van der Waals surface area contributed by atoms with Crippen molar-refractivity contribution in [1.82, 2.24) is 5.32 Å². The predicted octanol–water partition coefficient (Wildman–Crippen LogP) is -0.908. The summed E-state index contributed by atoms with van der Waals surface area (Å²) in [5.41, 5.74) is 0. The Morgan fingerprint density at radius 1 is 1.05 bits per heavy atom. The molecule has 1 rings (SSSR count). The van der Waals surface area contributed by atoms with Crippen molar-refractivity contribution < 1.29 is 33.7 Å². The van der Waals surface area contributed by atoms with Gasteiger partial charge >= 0.3 is 11.9 Å². The quantitative estimate of drug-likeness (QED) is 0.647. The van der Waals surface area contributed by atoms with E-state index in [0.717, 1.165) is 6.92 Å². The van der Waals surface area contributed by atoms with Gasteiger partial charge in [-0.25, -0.2) is 0 Å². The van der Waals surface area contributed by atoms with E-state index in [2.05, 4.69) is 5.32 Å². The summed E-state index contributed by atoms with van der Waals surface area (Å²) in [5, 5.41) is 12.4. The third kappa shape index (κ3) is 4.17. The third-order valence-electron chi connectivity index (χ3n) is 2.78. The van der Waals surface area contributed by atoms with E-state index in [0.29, 0.717) is 0 Å². The Bertz CT molecular complexity index is 369. The Kier molecular flexibility index (Phi) is 5.46. The van der Waals surface area contributed by atoms with Crippen LogP contribution in [0.4, 0.5) is 0 Å². The van der Waals surface area contributed by atoms with Gasteiger partial charge in [-0.3, -0.25) is 14.4 Å². The van der Waals surface area contributed by atoms with Crippen LogP contribution < -0.4 is 5.32 Å². The number of aliphatic hydroxyl groups excluding tert-OH is 1. The van der Waals surface area contributed by atoms with E-state index in [1.807, 2.05) is 0 Å². The zero-order chi connectivity index (χ0) is 15.4. The summed E-state index contributed by atoms with van der Waals surface area (Å²) in [5.74, 6) is -1.63. The van der Waals surface area contributed by atoms with Crippen molar-refractivity contribution in [3.63, 3.8) is 0 Å². The van der Waals surface area contributed by atoms with E-state index < -0.39 is 48.5 Å². The molecule has 1 fully saturated rings. The Morgan fingerprint density at radius 2 is 1.55 bits per heavy atom. The zero-order valence-electron chi connectivity index (χ0n) is 11.8. The lowest BCUT2D eigenvalue weighted by atomic mass is 9.96. The highest BCUT2D eigenvalue weighted by atomic mass is 16.7. The topological polar surface area (TPSA) is 111 Å². The first-order valence-electron chi connectivity index (χ1n) is 6.17. The summed E-state index contributed by atoms with van der Waals surface area (Å²) in [6, 6.07) is -0.890. The van der Waals surface area contributed by atoms with Gasteiger partial charge in [0, 0.05) is 20.8 Å². The Morgan fingerprint density at radius 3 is 2.00 bits per heavy atom. The summed E-state index contributed by atoms with van der Waals surface area (Å²) in [6.45, 7) is 5.22. The minimum absolute atomic E-state index is 0.411. The van der Waals surface area contributed by atoms with E-state index in [4.69, 9.17) is 14.2 Å². The molecule has 1 amide bonds. The highest BCUT2D eigenvalue weighted by Crippen LogP contribution is 2.25. The lowest BCUT2D eigenvalue weighted by Gasteiger charge is -2.42. The Hall–Kier alpha value is -1.67. The second-order valence-corrected chi connectivity index (χ2v) is 4.61. The van der Waals surface area contributed by atoms with Gasteiger partial charge in [0.15, 0.2) is 18.5 Å². The van der Waals surface area contributed by atoms with Crippen LogP contribution in [0, 0.1) is 0 Å². The van der Waals surface area contributed by atoms with Gasteiger partial charge in [-0.05, 0) is 6.92 Å². The van der Waals surface area contributed by atoms with Crippen molar-refractivity contribution in [2.24, 2.45) is 0 Å². The maximum absolute atomic E-state index is 11.3. The van der Waals surface area contributed by atoms with Gasteiger partial charge in [-0.2, -0.15) is 0 Å². The number of carbonyl (C=O) groups is 3. The van der Waals surface area contributed by atoms with Crippen molar-refractivity contribution >= 4 is 17.8 Å². The molecule has 1 saturated heterocycles. The summed E-state index contributed by atoms with van der Waals surface area (Å²) >= 11 is 0. The Balaban J connectivity index is 3.01. The van der Waals surface area contributed by atoms with Crippen molar-refractivity contribution in [2.45, 2.75) is 58.3 Å². The molecule has 0 aliphatic carbocycles. The molecule has 4 unspecified atom stereocenters. The molecule has 8 nitrogen and oxygen atoms in total. The fourth-order valence-electron chi connectivity index (χ4n) is 2.11. The molecule has 8 heteroatoms. The smallest absolute Gasteiger partial charge is 0.303 e. The molecule has 0 aromatic heterocycles. The second kappa shape index (κ2) is 6.67. The first-order valence-corrected chi connectivity index (χ1v) is 6.17. The summed E-state index contributed by atoms with van der Waals surface area (Å²) in [7, 11) is 0. The molecule has 0 spiro atoms. The lowest BCUT2D eigenvalue weighted by Crippen LogP contribution is -2.65. The van der Waals surface area contributed by atoms with E-state index in [-0.39, 0.29) is 0 Å². The molecule has 0 bridgehead atoms. The van der Waals surface area contributed by atoms with Crippen LogP contribution in [0.15, 0.2) is 0 Å². The van der Waals surface area contributed by atoms with Gasteiger partial charge in [0.05, 0.1) is 6.10 Å². The van der Waals surface area contributed by atoms with Crippen molar-refractivity contribution in [2.75, 3.05) is 0 Å². The largest absolute Gasteiger partial charge is 0.457 e. The average Bonchev–Trinajstić information content (AvgIpc) is 2.27. The number of aliphatic hydroxyl groups is 1. The molecule has 2 N–H and O–H groups in total. The molecule has 0 saturated carbocycles. The van der Waals surface area contributed by atoms with Crippen molar-refractivity contribution in [3.05, 3.63) is 0 Å². The molecule has 1 aliphatic heterocycles. The third-order valence-corrected chi connectivity index (χ3v) is 2.78. The number of amides is 1. The molecule has 0 aromatic carbocycles. The highest BCUT2D eigenvalue weighted by Gasteiger charge is 2.48. The number of ether oxygens (including phenoxy) is 3. The lowest BCUT2D eigenvalue weighted by molar-refractivity contribution is -0.261. The van der Waals surface area contributed by atoms with E-state index in [1.54, 1.807) is 6.92 Å². The minimum atomic E-state index is -1.42. The van der Waals surface area contributed by atoms with E-state index >= 15 is 0 Å². The number of rotatable bonds is 3. The number of esters is 2. The summed E-state index contributed by atoms with van der Waals surface area (Å²) in [6.07, 6.45) is -4.11. The minimum Gasteiger partial charge on any atom is -0.457 e. The fraction of sp³-hybridized carbons (Fsp3) is 0.750. The van der Waals surface area contributed by atoms with Gasteiger partial charge < -0.3 is 24.6 Å². The van der Waals surface area contributed by atoms with Crippen LogP contribution in [0.5, 0.6) is 0 Å². The summed E-state index contributed by atoms with van der Waals surface area (Å²) in [4.78, 5) is 33.5. The van der Waals surface area contributed by atoms with Crippen LogP contribution in [0.1, 0.15) is 27.7 Å². The van der Waals surface area contributed by atoms with Crippen LogP contribution in [0.2, 0.25) is 0 Å². The van der Waals surface area contributed by atoms with Crippen molar-refractivity contribution in [3.8, 4) is 0 Å². The molecule has 1 aliphatic rings. The van der Waals surface area contributed by atoms with Gasteiger partial charge in [0.1, 0.15) is 6.04 Å². The normalized spacial score (nSPS) is 33.1. The SMILES string of the molecule is CC(=O)NC1C(OC(C)=O)C(C)O[C@@H](O)C1OC(C)=O. The molecule has 1 heterocycles. The second-order valence-electron chi connectivity index (χ2n) is 4.61. The molecule has 0 aromatic rings. The van der Waals surface area contributed by atoms with Gasteiger partial charge in [-0.1, -0.05) is 0 Å². The maximum Gasteiger partial charge on any atom is 0.303 e. The van der Waals surface area contributed by atoms with Gasteiger partial charge in [0.25, 0.3) is 0 Å². The van der Waals surface area contributed by atoms with Crippen LogP contribution in [-0.2, 0) is 28.6 Å². The molecule has 114 valence electrons. The first-order chi connectivity index (χ1) is 9.22. The monoisotopic (exact) mass is 289 g/mol. The average molecular weight is 289 g/mol. The van der Waals surface area contributed by atoms with Crippen LogP contribution in [-0.4, -0.2) is 53.6 Å². The number of hydrogen-bond donors (Lipinski definition) is 2. The standard InChI is InChI=1S/C12H19NO7/c1-5-10(19-7(3)15)9(13-6(2)14)11(12(17)18-5)20-8(4)16/h5,9-12,17H,1-4H3,(H,13,14)/t5?,9?,10?,11?,12-/m1/s1. The zero-order valence-corrected chi connectivity index (χ0v) is 11.8. The van der Waals surface area contributed by atoms with Gasteiger partial charge in [0.2, 0.25) is 5.91 Å². The number of hydrogen-bond acceptors (Lipinski definition) is 7. The maximum atomic E-state index is 11.3. The van der Waals surface area contributed by atoms with E-state index in [1.165, 1.54) is 13.8 Å². The van der Waals surface area contributed by atoms with Crippen LogP contribution in [0.25, 0.3) is 0 Å². The highest BCUT2D eigenvalue weighted by molar-refractivity contribution is 5.74. The molecule has 5 atom stereocenters. The number of nitrogens with one attached hydrogen (secondary N) is 1. The van der Waals surface area contributed by atoms with Crippen LogP contribution in [0.3, 0.4) is 0 Å². The molecular weight excluding hydrogens is 270 g/mol. The fourth-order valence-corrected chi connectivity index (χ4v) is 2.11. The Labute approximate surface area is 116 Å². The predicted molar refractivity (Wildman–Crippen MR) is 65.3 cm³/mol. The molecular formula is C12H19NO7. The first kappa shape index (κ1) is 16.4. The van der Waals surface area contributed by atoms with Gasteiger partial charge in [-0.15, -0.1) is 0 Å².